The van der Waals surface area contributed by atoms with Crippen molar-refractivity contribution in [3.05, 3.63) is 32.8 Å². The summed E-state index contributed by atoms with van der Waals surface area (Å²) in [6.07, 6.45) is -0.0238. The predicted octanol–water partition coefficient (Wildman–Crippen LogP) is 3.14. The first kappa shape index (κ1) is 19.5. The second kappa shape index (κ2) is 7.57. The zero-order chi connectivity index (χ0) is 18.8. The van der Waals surface area contributed by atoms with Crippen LogP contribution in [-0.2, 0) is 4.74 Å². The van der Waals surface area contributed by atoms with Crippen LogP contribution < -0.4 is 5.32 Å². The van der Waals surface area contributed by atoms with Crippen molar-refractivity contribution in [1.29, 1.82) is 0 Å². The molecule has 0 unspecified atom stereocenters. The van der Waals surface area contributed by atoms with Crippen molar-refractivity contribution in [2.24, 2.45) is 0 Å². The summed E-state index contributed by atoms with van der Waals surface area (Å²) in [6, 6.07) is 4.14. The maximum absolute atomic E-state index is 12.3. The number of nitro groups is 1. The SMILES string of the molecule is CC(C)(C)OC(=O)N1C[C@H](Nc2ccc(Br)cc2[N+](=O)[O-])C[C@@H]1CO. The second-order valence-electron chi connectivity index (χ2n) is 6.96. The summed E-state index contributed by atoms with van der Waals surface area (Å²) in [5.41, 5.74) is -0.306. The van der Waals surface area contributed by atoms with E-state index in [1.54, 1.807) is 32.9 Å². The van der Waals surface area contributed by atoms with Crippen molar-refractivity contribution < 1.29 is 19.6 Å². The normalized spacial score (nSPS) is 20.4. The van der Waals surface area contributed by atoms with Gasteiger partial charge in [0.25, 0.3) is 5.69 Å². The van der Waals surface area contributed by atoms with E-state index < -0.39 is 16.6 Å². The third kappa shape index (κ3) is 5.05. The van der Waals surface area contributed by atoms with Gasteiger partial charge in [0.2, 0.25) is 0 Å². The van der Waals surface area contributed by atoms with E-state index in [-0.39, 0.29) is 24.4 Å². The third-order valence-corrected chi connectivity index (χ3v) is 4.26. The van der Waals surface area contributed by atoms with E-state index in [2.05, 4.69) is 21.2 Å². The average Bonchev–Trinajstić information content (AvgIpc) is 2.90. The molecule has 1 heterocycles. The van der Waals surface area contributed by atoms with Crippen LogP contribution in [0, 0.1) is 10.1 Å². The van der Waals surface area contributed by atoms with E-state index in [1.807, 2.05) is 0 Å². The van der Waals surface area contributed by atoms with Gasteiger partial charge in [-0.15, -0.1) is 0 Å². The summed E-state index contributed by atoms with van der Waals surface area (Å²) < 4.78 is 5.97. The lowest BCUT2D eigenvalue weighted by molar-refractivity contribution is -0.384. The van der Waals surface area contributed by atoms with Crippen LogP contribution in [0.3, 0.4) is 0 Å². The first-order valence-corrected chi connectivity index (χ1v) is 8.71. The number of benzene rings is 1. The van der Waals surface area contributed by atoms with Crippen LogP contribution in [0.5, 0.6) is 0 Å². The summed E-state index contributed by atoms with van der Waals surface area (Å²) >= 11 is 3.22. The van der Waals surface area contributed by atoms with Gasteiger partial charge in [-0.2, -0.15) is 0 Å². The highest BCUT2D eigenvalue weighted by Crippen LogP contribution is 2.31. The molecule has 25 heavy (non-hydrogen) atoms. The van der Waals surface area contributed by atoms with Crippen molar-refractivity contribution in [2.45, 2.75) is 44.9 Å². The molecule has 1 aliphatic rings. The Balaban J connectivity index is 2.13. The average molecular weight is 416 g/mol. The first-order valence-electron chi connectivity index (χ1n) is 7.91. The quantitative estimate of drug-likeness (QED) is 0.577. The summed E-state index contributed by atoms with van der Waals surface area (Å²) in [6.45, 7) is 5.43. The lowest BCUT2D eigenvalue weighted by Crippen LogP contribution is -2.41. The second-order valence-corrected chi connectivity index (χ2v) is 7.88. The smallest absolute Gasteiger partial charge is 0.410 e. The third-order valence-electron chi connectivity index (χ3n) is 3.77. The van der Waals surface area contributed by atoms with Gasteiger partial charge in [-0.1, -0.05) is 15.9 Å². The van der Waals surface area contributed by atoms with Crippen LogP contribution in [0.4, 0.5) is 16.2 Å². The number of halogens is 1. The standard InChI is InChI=1S/C16H22BrN3O5/c1-16(2,3)25-15(22)19-8-11(7-12(19)9-21)18-13-5-4-10(17)6-14(13)20(23)24/h4-6,11-12,18,21H,7-9H2,1-3H3/t11-,12-/m1/s1. The van der Waals surface area contributed by atoms with Gasteiger partial charge in [-0.3, -0.25) is 10.1 Å². The van der Waals surface area contributed by atoms with Gasteiger partial charge >= 0.3 is 6.09 Å². The summed E-state index contributed by atoms with van der Waals surface area (Å²) in [5.74, 6) is 0. The number of nitrogens with zero attached hydrogens (tertiary/aromatic N) is 2. The largest absolute Gasteiger partial charge is 0.444 e. The first-order chi connectivity index (χ1) is 11.6. The highest BCUT2D eigenvalue weighted by molar-refractivity contribution is 9.10. The summed E-state index contributed by atoms with van der Waals surface area (Å²) in [7, 11) is 0. The van der Waals surface area contributed by atoms with E-state index >= 15 is 0 Å². The molecule has 1 aliphatic heterocycles. The van der Waals surface area contributed by atoms with Crippen LogP contribution in [0.1, 0.15) is 27.2 Å². The zero-order valence-corrected chi connectivity index (χ0v) is 15.9. The monoisotopic (exact) mass is 415 g/mol. The molecule has 1 aromatic rings. The van der Waals surface area contributed by atoms with Crippen LogP contribution in [0.15, 0.2) is 22.7 Å². The van der Waals surface area contributed by atoms with Crippen LogP contribution in [0.25, 0.3) is 0 Å². The van der Waals surface area contributed by atoms with E-state index in [1.165, 1.54) is 11.0 Å². The minimum absolute atomic E-state index is 0.0503. The Morgan fingerprint density at radius 2 is 2.20 bits per heavy atom. The minimum Gasteiger partial charge on any atom is -0.444 e. The fraction of sp³-hybridized carbons (Fsp3) is 0.562. The maximum Gasteiger partial charge on any atom is 0.410 e. The lowest BCUT2D eigenvalue weighted by atomic mass is 10.1. The van der Waals surface area contributed by atoms with Crippen LogP contribution in [0.2, 0.25) is 0 Å². The summed E-state index contributed by atoms with van der Waals surface area (Å²) in [5, 5.41) is 23.9. The molecular weight excluding hydrogens is 394 g/mol. The topological polar surface area (TPSA) is 105 Å². The molecule has 0 radical (unpaired) electrons. The molecule has 1 saturated heterocycles. The Hall–Kier alpha value is -1.87. The Labute approximate surface area is 154 Å². The van der Waals surface area contributed by atoms with Gasteiger partial charge in [-0.25, -0.2) is 4.79 Å². The van der Waals surface area contributed by atoms with Crippen LogP contribution in [-0.4, -0.2) is 51.9 Å². The molecule has 0 bridgehead atoms. The summed E-state index contributed by atoms with van der Waals surface area (Å²) in [4.78, 5) is 24.5. The van der Waals surface area contributed by atoms with Gasteiger partial charge in [0.15, 0.2) is 0 Å². The minimum atomic E-state index is -0.632. The highest BCUT2D eigenvalue weighted by atomic mass is 79.9. The fourth-order valence-electron chi connectivity index (χ4n) is 2.74. The number of likely N-dealkylation sites (tertiary alicyclic amines) is 1. The molecule has 1 aromatic carbocycles. The molecular formula is C16H22BrN3O5. The zero-order valence-electron chi connectivity index (χ0n) is 14.4. The van der Waals surface area contributed by atoms with Crippen molar-refractivity contribution in [1.82, 2.24) is 4.90 Å². The molecule has 138 valence electrons. The number of aliphatic hydroxyl groups is 1. The van der Waals surface area contributed by atoms with E-state index in [0.29, 0.717) is 23.1 Å². The van der Waals surface area contributed by atoms with E-state index in [0.717, 1.165) is 0 Å². The van der Waals surface area contributed by atoms with Crippen molar-refractivity contribution in [3.63, 3.8) is 0 Å². The molecule has 0 spiro atoms. The van der Waals surface area contributed by atoms with Crippen molar-refractivity contribution in [3.8, 4) is 0 Å². The lowest BCUT2D eigenvalue weighted by Gasteiger charge is -2.27. The molecule has 1 fully saturated rings. The number of aliphatic hydroxyl groups excluding tert-OH is 1. The number of amides is 1. The molecule has 2 rings (SSSR count). The number of nitrogens with one attached hydrogen (secondary N) is 1. The molecule has 1 amide bonds. The molecule has 2 atom stereocenters. The number of anilines is 1. The van der Waals surface area contributed by atoms with Crippen molar-refractivity contribution >= 4 is 33.4 Å². The molecule has 0 aromatic heterocycles. The Bertz CT molecular complexity index is 662. The Kier molecular flexibility index (Phi) is 5.89. The number of hydrogen-bond donors (Lipinski definition) is 2. The number of hydrogen-bond acceptors (Lipinski definition) is 6. The number of carbonyl (C=O) groups excluding carboxylic acids is 1. The van der Waals surface area contributed by atoms with Gasteiger partial charge < -0.3 is 20.1 Å². The number of carbonyl (C=O) groups is 1. The maximum atomic E-state index is 12.3. The molecule has 0 aliphatic carbocycles. The molecule has 2 N–H and O–H groups in total. The highest BCUT2D eigenvalue weighted by Gasteiger charge is 2.37. The van der Waals surface area contributed by atoms with Crippen LogP contribution >= 0.6 is 15.9 Å². The van der Waals surface area contributed by atoms with Gasteiger partial charge in [-0.05, 0) is 39.3 Å². The van der Waals surface area contributed by atoms with Crippen molar-refractivity contribution in [2.75, 3.05) is 18.5 Å². The van der Waals surface area contributed by atoms with E-state index in [4.69, 9.17) is 4.74 Å². The Morgan fingerprint density at radius 3 is 2.76 bits per heavy atom. The van der Waals surface area contributed by atoms with Gasteiger partial charge in [0.05, 0.1) is 17.6 Å². The number of nitro benzene ring substituents is 1. The molecule has 0 saturated carbocycles. The van der Waals surface area contributed by atoms with Gasteiger partial charge in [0, 0.05) is 23.1 Å². The van der Waals surface area contributed by atoms with E-state index in [9.17, 15) is 20.0 Å². The predicted molar refractivity (Wildman–Crippen MR) is 96.6 cm³/mol. The Morgan fingerprint density at radius 1 is 1.52 bits per heavy atom. The fourth-order valence-corrected chi connectivity index (χ4v) is 3.09. The van der Waals surface area contributed by atoms with Gasteiger partial charge in [0.1, 0.15) is 11.3 Å². The molecule has 8 nitrogen and oxygen atoms in total. The molecule has 9 heteroatoms. The number of rotatable bonds is 4. The number of ether oxygens (including phenoxy) is 1.